The number of nitrogens with zero attached hydrogens (tertiary/aromatic N) is 3. The minimum Gasteiger partial charge on any atom is -0.324 e. The predicted molar refractivity (Wildman–Crippen MR) is 71.2 cm³/mol. The smallest absolute Gasteiger partial charge is 0.191 e. The molecule has 102 valence electrons. The molecule has 6 nitrogen and oxygen atoms in total. The molecule has 18 heavy (non-hydrogen) atoms. The molecule has 1 atom stereocenters. The van der Waals surface area contributed by atoms with Crippen LogP contribution in [0.2, 0.25) is 0 Å². The van der Waals surface area contributed by atoms with Crippen molar-refractivity contribution >= 4 is 21.6 Å². The molecule has 0 bridgehead atoms. The fourth-order valence-electron chi connectivity index (χ4n) is 2.05. The first-order valence-electron chi connectivity index (χ1n) is 5.94. The Hall–Kier alpha value is -0.600. The van der Waals surface area contributed by atoms with Gasteiger partial charge in [-0.05, 0) is 20.3 Å². The third-order valence-corrected chi connectivity index (χ3v) is 6.10. The van der Waals surface area contributed by atoms with Gasteiger partial charge in [-0.3, -0.25) is 0 Å². The highest BCUT2D eigenvalue weighted by atomic mass is 32.2. The van der Waals surface area contributed by atoms with Gasteiger partial charge in [0.25, 0.3) is 0 Å². The maximum Gasteiger partial charge on any atom is 0.191 e. The molecule has 1 aliphatic heterocycles. The molecule has 0 radical (unpaired) electrons. The minimum absolute atomic E-state index is 0.0855. The van der Waals surface area contributed by atoms with Gasteiger partial charge < -0.3 is 10.3 Å². The number of hydrogen-bond donors (Lipinski definition) is 1. The van der Waals surface area contributed by atoms with Crippen LogP contribution in [0.25, 0.3) is 0 Å². The lowest BCUT2D eigenvalue weighted by atomic mass is 10.4. The van der Waals surface area contributed by atoms with Gasteiger partial charge >= 0.3 is 0 Å². The van der Waals surface area contributed by atoms with E-state index in [9.17, 15) is 8.42 Å². The van der Waals surface area contributed by atoms with Gasteiger partial charge in [0.1, 0.15) is 5.82 Å². The zero-order valence-electron chi connectivity index (χ0n) is 10.5. The van der Waals surface area contributed by atoms with Crippen molar-refractivity contribution in [1.82, 2.24) is 14.8 Å². The second-order valence-electron chi connectivity index (χ2n) is 4.71. The maximum absolute atomic E-state index is 11.4. The van der Waals surface area contributed by atoms with E-state index in [0.717, 1.165) is 11.0 Å². The summed E-state index contributed by atoms with van der Waals surface area (Å²) in [4.78, 5) is 0. The quantitative estimate of drug-likeness (QED) is 0.873. The summed E-state index contributed by atoms with van der Waals surface area (Å²) in [5.74, 6) is 1.26. The highest BCUT2D eigenvalue weighted by molar-refractivity contribution is 8.01. The Balaban J connectivity index is 2.17. The summed E-state index contributed by atoms with van der Waals surface area (Å²) in [7, 11) is -2.85. The van der Waals surface area contributed by atoms with E-state index in [1.54, 1.807) is 0 Å². The average Bonchev–Trinajstić information content (AvgIpc) is 2.82. The fraction of sp³-hybridized carbons (Fsp3) is 0.800. The molecule has 1 aromatic rings. The van der Waals surface area contributed by atoms with E-state index in [-0.39, 0.29) is 22.8 Å². The molecule has 0 spiro atoms. The van der Waals surface area contributed by atoms with E-state index in [1.165, 1.54) is 11.8 Å². The summed E-state index contributed by atoms with van der Waals surface area (Å²) in [5.41, 5.74) is 5.62. The Morgan fingerprint density at radius 2 is 2.22 bits per heavy atom. The molecule has 1 fully saturated rings. The van der Waals surface area contributed by atoms with Crippen LogP contribution >= 0.6 is 11.8 Å². The summed E-state index contributed by atoms with van der Waals surface area (Å²) in [6.45, 7) is 4.42. The Bertz CT molecular complexity index is 524. The molecular weight excluding hydrogens is 272 g/mol. The molecule has 2 rings (SSSR count). The van der Waals surface area contributed by atoms with Gasteiger partial charge in [0.2, 0.25) is 0 Å². The van der Waals surface area contributed by atoms with Crippen LogP contribution in [0.4, 0.5) is 0 Å². The monoisotopic (exact) mass is 290 g/mol. The van der Waals surface area contributed by atoms with Crippen LogP contribution in [-0.2, 0) is 16.4 Å². The van der Waals surface area contributed by atoms with Crippen molar-refractivity contribution in [2.24, 2.45) is 5.73 Å². The van der Waals surface area contributed by atoms with Crippen LogP contribution in [-0.4, -0.2) is 39.9 Å². The van der Waals surface area contributed by atoms with Crippen molar-refractivity contribution in [3.05, 3.63) is 5.82 Å². The summed E-state index contributed by atoms with van der Waals surface area (Å²) in [5, 5.41) is 9.03. The van der Waals surface area contributed by atoms with Crippen LogP contribution in [0.15, 0.2) is 5.16 Å². The standard InChI is InChI=1S/C10H18N4O2S2/c1-7(2)14-9(5-11)12-13-10(14)17-8-3-4-18(15,16)6-8/h7-8H,3-6,11H2,1-2H3. The van der Waals surface area contributed by atoms with Crippen LogP contribution in [0, 0.1) is 0 Å². The Labute approximate surface area is 111 Å². The molecule has 0 amide bonds. The van der Waals surface area contributed by atoms with Crippen LogP contribution in [0.3, 0.4) is 0 Å². The van der Waals surface area contributed by atoms with Gasteiger partial charge in [-0.2, -0.15) is 0 Å². The topological polar surface area (TPSA) is 90.9 Å². The number of aromatic nitrogens is 3. The number of thioether (sulfide) groups is 1. The summed E-state index contributed by atoms with van der Waals surface area (Å²) >= 11 is 1.50. The first-order chi connectivity index (χ1) is 8.43. The van der Waals surface area contributed by atoms with Crippen LogP contribution in [0.1, 0.15) is 32.1 Å². The van der Waals surface area contributed by atoms with Crippen molar-refractivity contribution in [3.63, 3.8) is 0 Å². The SMILES string of the molecule is CC(C)n1c(CN)nnc1SC1CCS(=O)(=O)C1. The van der Waals surface area contributed by atoms with Crippen molar-refractivity contribution in [3.8, 4) is 0 Å². The van der Waals surface area contributed by atoms with Gasteiger partial charge in [0.15, 0.2) is 15.0 Å². The van der Waals surface area contributed by atoms with E-state index in [4.69, 9.17) is 5.73 Å². The lowest BCUT2D eigenvalue weighted by molar-refractivity contribution is 0.525. The molecule has 1 aromatic heterocycles. The maximum atomic E-state index is 11.4. The lowest BCUT2D eigenvalue weighted by Crippen LogP contribution is -2.13. The Kier molecular flexibility index (Phi) is 3.98. The third-order valence-electron chi connectivity index (χ3n) is 2.90. The fourth-order valence-corrected chi connectivity index (χ4v) is 5.69. The molecular formula is C10H18N4O2S2. The molecule has 0 aliphatic carbocycles. The van der Waals surface area contributed by atoms with Gasteiger partial charge in [-0.1, -0.05) is 11.8 Å². The second-order valence-corrected chi connectivity index (χ2v) is 8.21. The number of sulfone groups is 1. The molecule has 8 heteroatoms. The van der Waals surface area contributed by atoms with Gasteiger partial charge in [0, 0.05) is 11.3 Å². The van der Waals surface area contributed by atoms with Crippen molar-refractivity contribution in [2.75, 3.05) is 11.5 Å². The van der Waals surface area contributed by atoms with Crippen LogP contribution in [0.5, 0.6) is 0 Å². The predicted octanol–water partition coefficient (Wildman–Crippen LogP) is 0.597. The second kappa shape index (κ2) is 5.18. The van der Waals surface area contributed by atoms with Crippen molar-refractivity contribution in [2.45, 2.75) is 43.3 Å². The van der Waals surface area contributed by atoms with E-state index in [2.05, 4.69) is 10.2 Å². The van der Waals surface area contributed by atoms with Crippen molar-refractivity contribution in [1.29, 1.82) is 0 Å². The molecule has 2 heterocycles. The lowest BCUT2D eigenvalue weighted by Gasteiger charge is -2.14. The Morgan fingerprint density at radius 3 is 2.72 bits per heavy atom. The first kappa shape index (κ1) is 13.8. The summed E-state index contributed by atoms with van der Waals surface area (Å²) < 4.78 is 24.9. The first-order valence-corrected chi connectivity index (χ1v) is 8.64. The number of hydrogen-bond acceptors (Lipinski definition) is 6. The zero-order chi connectivity index (χ0) is 13.3. The normalized spacial score (nSPS) is 22.8. The van der Waals surface area contributed by atoms with E-state index in [0.29, 0.717) is 13.0 Å². The van der Waals surface area contributed by atoms with Crippen molar-refractivity contribution < 1.29 is 8.42 Å². The summed E-state index contributed by atoms with van der Waals surface area (Å²) in [6, 6.07) is 0.221. The van der Waals surface area contributed by atoms with Gasteiger partial charge in [-0.25, -0.2) is 8.42 Å². The largest absolute Gasteiger partial charge is 0.324 e. The summed E-state index contributed by atoms with van der Waals surface area (Å²) in [6.07, 6.45) is 0.690. The average molecular weight is 290 g/mol. The Morgan fingerprint density at radius 1 is 1.50 bits per heavy atom. The van der Waals surface area contributed by atoms with E-state index < -0.39 is 9.84 Å². The van der Waals surface area contributed by atoms with Gasteiger partial charge in [-0.15, -0.1) is 10.2 Å². The molecule has 1 saturated heterocycles. The molecule has 1 aliphatic rings. The molecule has 1 unspecified atom stereocenters. The van der Waals surface area contributed by atoms with E-state index in [1.807, 2.05) is 18.4 Å². The van der Waals surface area contributed by atoms with E-state index >= 15 is 0 Å². The van der Waals surface area contributed by atoms with Gasteiger partial charge in [0.05, 0.1) is 18.1 Å². The molecule has 2 N–H and O–H groups in total. The van der Waals surface area contributed by atoms with Crippen LogP contribution < -0.4 is 5.73 Å². The highest BCUT2D eigenvalue weighted by Gasteiger charge is 2.30. The molecule has 0 saturated carbocycles. The minimum atomic E-state index is -2.85. The third kappa shape index (κ3) is 2.86. The number of rotatable bonds is 4. The zero-order valence-corrected chi connectivity index (χ0v) is 12.2. The molecule has 0 aromatic carbocycles. The highest BCUT2D eigenvalue weighted by Crippen LogP contribution is 2.31. The number of nitrogens with two attached hydrogens (primary N) is 1.